The number of fused-ring (bicyclic) bond motifs is 1. The van der Waals surface area contributed by atoms with Crippen LogP contribution in [-0.4, -0.2) is 61.3 Å². The van der Waals surface area contributed by atoms with Gasteiger partial charge in [-0.15, -0.1) is 0 Å². The number of pyridine rings is 1. The second kappa shape index (κ2) is 6.73. The van der Waals surface area contributed by atoms with Crippen LogP contribution in [0.25, 0.3) is 0 Å². The summed E-state index contributed by atoms with van der Waals surface area (Å²) in [5.41, 5.74) is 1.99. The van der Waals surface area contributed by atoms with Crippen molar-refractivity contribution in [2.75, 3.05) is 49.6 Å². The molecule has 0 saturated carbocycles. The minimum absolute atomic E-state index is 0.221. The molecular formula is C19H30N4O2. The Bertz CT molecular complexity index is 633. The van der Waals surface area contributed by atoms with Crippen molar-refractivity contribution in [3.63, 3.8) is 0 Å². The van der Waals surface area contributed by atoms with Gasteiger partial charge in [0.2, 0.25) is 0 Å². The molecule has 138 valence electrons. The first kappa shape index (κ1) is 17.8. The number of aromatic nitrogens is 1. The zero-order valence-electron chi connectivity index (χ0n) is 16.1. The SMILES string of the molecule is CC1Cc2nc(N3CCN(C(=O)OC(C)(C)C)CC3)ccc2N(C)C1. The lowest BCUT2D eigenvalue weighted by Crippen LogP contribution is -2.50. The monoisotopic (exact) mass is 346 g/mol. The van der Waals surface area contributed by atoms with Gasteiger partial charge in [0, 0.05) is 39.8 Å². The largest absolute Gasteiger partial charge is 0.444 e. The highest BCUT2D eigenvalue weighted by molar-refractivity contribution is 5.68. The van der Waals surface area contributed by atoms with E-state index in [2.05, 4.69) is 35.9 Å². The fourth-order valence-electron chi connectivity index (χ4n) is 3.56. The summed E-state index contributed by atoms with van der Waals surface area (Å²) in [6.07, 6.45) is 0.812. The maximum atomic E-state index is 12.2. The Hall–Kier alpha value is -1.98. The minimum Gasteiger partial charge on any atom is -0.444 e. The quantitative estimate of drug-likeness (QED) is 0.782. The number of hydrogen-bond acceptors (Lipinski definition) is 5. The van der Waals surface area contributed by atoms with Crippen LogP contribution in [0.15, 0.2) is 12.1 Å². The number of ether oxygens (including phenoxy) is 1. The second-order valence-corrected chi connectivity index (χ2v) is 8.28. The number of anilines is 2. The first-order valence-electron chi connectivity index (χ1n) is 9.17. The topological polar surface area (TPSA) is 48.9 Å². The predicted molar refractivity (Wildman–Crippen MR) is 100 cm³/mol. The number of rotatable bonds is 1. The number of hydrogen-bond donors (Lipinski definition) is 0. The molecule has 0 N–H and O–H groups in total. The number of carbonyl (C=O) groups excluding carboxylic acids is 1. The maximum Gasteiger partial charge on any atom is 0.410 e. The van der Waals surface area contributed by atoms with Gasteiger partial charge in [0.05, 0.1) is 11.4 Å². The number of carbonyl (C=O) groups is 1. The zero-order chi connectivity index (χ0) is 18.2. The molecule has 0 aromatic carbocycles. The lowest BCUT2D eigenvalue weighted by molar-refractivity contribution is 0.0240. The molecule has 1 atom stereocenters. The van der Waals surface area contributed by atoms with E-state index >= 15 is 0 Å². The molecule has 2 aliphatic rings. The van der Waals surface area contributed by atoms with Crippen LogP contribution in [0.3, 0.4) is 0 Å². The van der Waals surface area contributed by atoms with Crippen molar-refractivity contribution < 1.29 is 9.53 Å². The Labute approximate surface area is 150 Å². The molecule has 1 saturated heterocycles. The van der Waals surface area contributed by atoms with E-state index in [0.29, 0.717) is 19.0 Å². The third-order valence-corrected chi connectivity index (χ3v) is 4.73. The second-order valence-electron chi connectivity index (χ2n) is 8.28. The lowest BCUT2D eigenvalue weighted by atomic mass is 9.98. The van der Waals surface area contributed by atoms with Crippen LogP contribution in [0.5, 0.6) is 0 Å². The summed E-state index contributed by atoms with van der Waals surface area (Å²) in [5.74, 6) is 1.65. The van der Waals surface area contributed by atoms with E-state index in [1.54, 1.807) is 4.90 Å². The number of nitrogens with zero attached hydrogens (tertiary/aromatic N) is 4. The molecule has 1 unspecified atom stereocenters. The summed E-state index contributed by atoms with van der Waals surface area (Å²) in [4.78, 5) is 23.4. The molecule has 0 aliphatic carbocycles. The van der Waals surface area contributed by atoms with Gasteiger partial charge in [-0.3, -0.25) is 0 Å². The fraction of sp³-hybridized carbons (Fsp3) is 0.684. The molecule has 1 aromatic rings. The van der Waals surface area contributed by atoms with Crippen molar-refractivity contribution in [1.29, 1.82) is 0 Å². The highest BCUT2D eigenvalue weighted by atomic mass is 16.6. The molecule has 0 spiro atoms. The van der Waals surface area contributed by atoms with Gasteiger partial charge in [-0.05, 0) is 45.2 Å². The molecule has 0 radical (unpaired) electrons. The molecular weight excluding hydrogens is 316 g/mol. The average Bonchev–Trinajstić information content (AvgIpc) is 2.52. The Kier molecular flexibility index (Phi) is 4.80. The third kappa shape index (κ3) is 4.17. The summed E-state index contributed by atoms with van der Waals surface area (Å²) in [5, 5.41) is 0. The first-order valence-corrected chi connectivity index (χ1v) is 9.17. The highest BCUT2D eigenvalue weighted by Gasteiger charge is 2.27. The Morgan fingerprint density at radius 2 is 1.88 bits per heavy atom. The van der Waals surface area contributed by atoms with Gasteiger partial charge >= 0.3 is 6.09 Å². The molecule has 1 aromatic heterocycles. The van der Waals surface area contributed by atoms with Gasteiger partial charge in [0.25, 0.3) is 0 Å². The highest BCUT2D eigenvalue weighted by Crippen LogP contribution is 2.29. The van der Waals surface area contributed by atoms with Crippen molar-refractivity contribution >= 4 is 17.6 Å². The van der Waals surface area contributed by atoms with E-state index in [1.165, 1.54) is 11.4 Å². The van der Waals surface area contributed by atoms with E-state index < -0.39 is 5.60 Å². The molecule has 6 nitrogen and oxygen atoms in total. The van der Waals surface area contributed by atoms with E-state index in [-0.39, 0.29) is 6.09 Å². The van der Waals surface area contributed by atoms with E-state index in [9.17, 15) is 4.79 Å². The Balaban J connectivity index is 1.64. The van der Waals surface area contributed by atoms with Gasteiger partial charge in [0.15, 0.2) is 0 Å². The predicted octanol–water partition coefficient (Wildman–Crippen LogP) is 2.77. The molecule has 0 bridgehead atoms. The van der Waals surface area contributed by atoms with Crippen LogP contribution < -0.4 is 9.80 Å². The standard InChI is InChI=1S/C19H30N4O2/c1-14-12-15-16(21(5)13-14)6-7-17(20-15)22-8-10-23(11-9-22)18(24)25-19(2,3)4/h6-7,14H,8-13H2,1-5H3. The van der Waals surface area contributed by atoms with Gasteiger partial charge in [-0.1, -0.05) is 6.92 Å². The maximum absolute atomic E-state index is 12.2. The van der Waals surface area contributed by atoms with Crippen LogP contribution in [0.1, 0.15) is 33.4 Å². The summed E-state index contributed by atoms with van der Waals surface area (Å²) >= 11 is 0. The smallest absolute Gasteiger partial charge is 0.410 e. The van der Waals surface area contributed by atoms with Crippen molar-refractivity contribution in [3.05, 3.63) is 17.8 Å². The van der Waals surface area contributed by atoms with Crippen LogP contribution in [0.4, 0.5) is 16.3 Å². The van der Waals surface area contributed by atoms with E-state index in [0.717, 1.165) is 31.9 Å². The van der Waals surface area contributed by atoms with Crippen LogP contribution in [0.2, 0.25) is 0 Å². The van der Waals surface area contributed by atoms with E-state index in [1.807, 2.05) is 20.8 Å². The Morgan fingerprint density at radius 1 is 1.20 bits per heavy atom. The molecule has 1 fully saturated rings. The zero-order valence-corrected chi connectivity index (χ0v) is 16.1. The van der Waals surface area contributed by atoms with Crippen LogP contribution in [-0.2, 0) is 11.2 Å². The van der Waals surface area contributed by atoms with Gasteiger partial charge in [-0.25, -0.2) is 9.78 Å². The summed E-state index contributed by atoms with van der Waals surface area (Å²) in [7, 11) is 2.13. The molecule has 1 amide bonds. The molecule has 2 aliphatic heterocycles. The number of amides is 1. The lowest BCUT2D eigenvalue weighted by Gasteiger charge is -2.37. The summed E-state index contributed by atoms with van der Waals surface area (Å²) < 4.78 is 5.46. The van der Waals surface area contributed by atoms with Gasteiger partial charge < -0.3 is 19.4 Å². The van der Waals surface area contributed by atoms with Gasteiger partial charge in [-0.2, -0.15) is 0 Å². The van der Waals surface area contributed by atoms with Crippen molar-refractivity contribution in [2.24, 2.45) is 5.92 Å². The molecule has 25 heavy (non-hydrogen) atoms. The fourth-order valence-corrected chi connectivity index (χ4v) is 3.56. The minimum atomic E-state index is -0.447. The van der Waals surface area contributed by atoms with Gasteiger partial charge in [0.1, 0.15) is 11.4 Å². The first-order chi connectivity index (χ1) is 11.7. The van der Waals surface area contributed by atoms with Crippen molar-refractivity contribution in [3.8, 4) is 0 Å². The van der Waals surface area contributed by atoms with Crippen molar-refractivity contribution in [2.45, 2.75) is 39.7 Å². The van der Waals surface area contributed by atoms with Crippen molar-refractivity contribution in [1.82, 2.24) is 9.88 Å². The van der Waals surface area contributed by atoms with E-state index in [4.69, 9.17) is 9.72 Å². The third-order valence-electron chi connectivity index (χ3n) is 4.73. The molecule has 6 heteroatoms. The summed E-state index contributed by atoms with van der Waals surface area (Å²) in [6.45, 7) is 12.0. The normalized spacial score (nSPS) is 21.2. The molecule has 3 heterocycles. The Morgan fingerprint density at radius 3 is 2.52 bits per heavy atom. The average molecular weight is 346 g/mol. The number of piperazine rings is 1. The van der Waals surface area contributed by atoms with Crippen LogP contribution in [0, 0.1) is 5.92 Å². The van der Waals surface area contributed by atoms with Crippen LogP contribution >= 0.6 is 0 Å². The molecule has 3 rings (SSSR count). The summed E-state index contributed by atoms with van der Waals surface area (Å²) in [6, 6.07) is 4.29.